The molecule has 0 saturated carbocycles. The van der Waals surface area contributed by atoms with Crippen LogP contribution in [0.3, 0.4) is 0 Å². The fourth-order valence-corrected chi connectivity index (χ4v) is 4.72. The Morgan fingerprint density at radius 3 is 2.50 bits per heavy atom. The zero-order valence-corrected chi connectivity index (χ0v) is 18.1. The van der Waals surface area contributed by atoms with Crippen molar-refractivity contribution in [3.8, 4) is 5.75 Å². The highest BCUT2D eigenvalue weighted by molar-refractivity contribution is 5.79. The molecule has 0 radical (unpaired) electrons. The molecule has 30 heavy (non-hydrogen) atoms. The van der Waals surface area contributed by atoms with Gasteiger partial charge in [0.2, 0.25) is 5.91 Å². The number of likely N-dealkylation sites (tertiary alicyclic amines) is 2. The van der Waals surface area contributed by atoms with Gasteiger partial charge in [0.1, 0.15) is 12.4 Å². The third-order valence-electron chi connectivity index (χ3n) is 6.46. The first-order valence-electron chi connectivity index (χ1n) is 11.4. The highest BCUT2D eigenvalue weighted by atomic mass is 16.5. The summed E-state index contributed by atoms with van der Waals surface area (Å²) in [5, 5.41) is 0. The number of hydrogen-bond acceptors (Lipinski definition) is 3. The number of hydrogen-bond donors (Lipinski definition) is 0. The minimum atomic E-state index is 0.215. The first kappa shape index (κ1) is 20.9. The van der Waals surface area contributed by atoms with Crippen molar-refractivity contribution in [3.05, 3.63) is 65.7 Å². The largest absolute Gasteiger partial charge is 0.489 e. The van der Waals surface area contributed by atoms with Gasteiger partial charge < -0.3 is 9.64 Å². The number of carbonyl (C=O) groups excluding carboxylic acids is 1. The standard InChI is InChI=1S/C26H34N2O2/c1-21-7-6-14-28(18-21)26(29)24-12-15-27(16-13-24)19-23-10-5-11-25(17-23)30-20-22-8-3-2-4-9-22/h2-5,8-11,17,21,24H,6-7,12-16,18-20H2,1H3/t21-/m1/s1. The van der Waals surface area contributed by atoms with Gasteiger partial charge in [-0.05, 0) is 68.0 Å². The molecule has 0 aromatic heterocycles. The van der Waals surface area contributed by atoms with E-state index >= 15 is 0 Å². The molecule has 2 aliphatic rings. The summed E-state index contributed by atoms with van der Waals surface area (Å²) in [5.74, 6) is 2.18. The summed E-state index contributed by atoms with van der Waals surface area (Å²) in [5.41, 5.74) is 2.45. The van der Waals surface area contributed by atoms with Gasteiger partial charge in [0.15, 0.2) is 0 Å². The van der Waals surface area contributed by atoms with E-state index in [-0.39, 0.29) is 5.92 Å². The summed E-state index contributed by atoms with van der Waals surface area (Å²) in [6, 6.07) is 18.7. The van der Waals surface area contributed by atoms with Crippen LogP contribution in [0.5, 0.6) is 5.75 Å². The van der Waals surface area contributed by atoms with Crippen LogP contribution in [0.15, 0.2) is 54.6 Å². The lowest BCUT2D eigenvalue weighted by molar-refractivity contribution is -0.138. The van der Waals surface area contributed by atoms with Crippen molar-refractivity contribution >= 4 is 5.91 Å². The molecule has 2 aromatic carbocycles. The molecule has 2 saturated heterocycles. The lowest BCUT2D eigenvalue weighted by Crippen LogP contribution is -2.45. The number of nitrogens with zero attached hydrogens (tertiary/aromatic N) is 2. The van der Waals surface area contributed by atoms with Gasteiger partial charge in [-0.2, -0.15) is 0 Å². The summed E-state index contributed by atoms with van der Waals surface area (Å²) in [7, 11) is 0. The molecule has 1 amide bonds. The van der Waals surface area contributed by atoms with Gasteiger partial charge in [0.25, 0.3) is 0 Å². The van der Waals surface area contributed by atoms with Crippen molar-refractivity contribution in [2.45, 2.75) is 45.8 Å². The predicted molar refractivity (Wildman–Crippen MR) is 120 cm³/mol. The Bertz CT molecular complexity index is 815. The van der Waals surface area contributed by atoms with Crippen LogP contribution < -0.4 is 4.74 Å². The Morgan fingerprint density at radius 2 is 1.73 bits per heavy atom. The Morgan fingerprint density at radius 1 is 0.967 bits per heavy atom. The van der Waals surface area contributed by atoms with Crippen molar-refractivity contribution in [1.29, 1.82) is 0 Å². The lowest BCUT2D eigenvalue weighted by Gasteiger charge is -2.37. The lowest BCUT2D eigenvalue weighted by atomic mass is 9.92. The first-order valence-corrected chi connectivity index (χ1v) is 11.4. The van der Waals surface area contributed by atoms with Gasteiger partial charge in [-0.25, -0.2) is 0 Å². The van der Waals surface area contributed by atoms with Crippen LogP contribution in [0.4, 0.5) is 0 Å². The highest BCUT2D eigenvalue weighted by Crippen LogP contribution is 2.25. The predicted octanol–water partition coefficient (Wildman–Crippen LogP) is 4.74. The van der Waals surface area contributed by atoms with Gasteiger partial charge in [-0.3, -0.25) is 9.69 Å². The third kappa shape index (κ3) is 5.63. The molecule has 160 valence electrons. The van der Waals surface area contributed by atoms with Gasteiger partial charge >= 0.3 is 0 Å². The second kappa shape index (κ2) is 10.1. The van der Waals surface area contributed by atoms with E-state index in [0.29, 0.717) is 18.4 Å². The second-order valence-electron chi connectivity index (χ2n) is 9.00. The van der Waals surface area contributed by atoms with E-state index in [9.17, 15) is 4.79 Å². The fraction of sp³-hybridized carbons (Fsp3) is 0.500. The van der Waals surface area contributed by atoms with Crippen LogP contribution in [-0.4, -0.2) is 41.9 Å². The normalized spacial score (nSPS) is 20.8. The molecule has 2 aromatic rings. The summed E-state index contributed by atoms with van der Waals surface area (Å²) < 4.78 is 5.98. The summed E-state index contributed by atoms with van der Waals surface area (Å²) in [6.07, 6.45) is 4.38. The molecule has 0 unspecified atom stereocenters. The van der Waals surface area contributed by atoms with Crippen LogP contribution in [-0.2, 0) is 17.9 Å². The SMILES string of the molecule is C[C@@H]1CCCN(C(=O)C2CCN(Cc3cccc(OCc4ccccc4)c3)CC2)C1. The fourth-order valence-electron chi connectivity index (χ4n) is 4.72. The molecular formula is C26H34N2O2. The third-order valence-corrected chi connectivity index (χ3v) is 6.46. The van der Waals surface area contributed by atoms with Gasteiger partial charge in [-0.1, -0.05) is 49.4 Å². The van der Waals surface area contributed by atoms with E-state index in [1.165, 1.54) is 17.5 Å². The minimum absolute atomic E-state index is 0.215. The molecule has 4 heteroatoms. The average Bonchev–Trinajstić information content (AvgIpc) is 2.79. The number of amides is 1. The van der Waals surface area contributed by atoms with E-state index in [4.69, 9.17) is 4.74 Å². The van der Waals surface area contributed by atoms with Crippen LogP contribution in [0.25, 0.3) is 0 Å². The van der Waals surface area contributed by atoms with E-state index in [1.54, 1.807) is 0 Å². The second-order valence-corrected chi connectivity index (χ2v) is 9.00. The molecular weight excluding hydrogens is 372 g/mol. The van der Waals surface area contributed by atoms with E-state index < -0.39 is 0 Å². The minimum Gasteiger partial charge on any atom is -0.489 e. The molecule has 0 spiro atoms. The Kier molecular flexibility index (Phi) is 7.06. The number of rotatable bonds is 6. The van der Waals surface area contributed by atoms with E-state index in [0.717, 1.165) is 57.7 Å². The average molecular weight is 407 g/mol. The molecule has 2 aliphatic heterocycles. The summed E-state index contributed by atoms with van der Waals surface area (Å²) in [6.45, 7) is 7.68. The maximum atomic E-state index is 12.9. The first-order chi connectivity index (χ1) is 14.7. The summed E-state index contributed by atoms with van der Waals surface area (Å²) >= 11 is 0. The molecule has 2 fully saturated rings. The molecule has 0 aliphatic carbocycles. The number of carbonyl (C=O) groups is 1. The molecule has 0 N–H and O–H groups in total. The molecule has 4 nitrogen and oxygen atoms in total. The van der Waals surface area contributed by atoms with Crippen LogP contribution >= 0.6 is 0 Å². The highest BCUT2D eigenvalue weighted by Gasteiger charge is 2.30. The van der Waals surface area contributed by atoms with E-state index in [1.807, 2.05) is 24.3 Å². The molecule has 2 heterocycles. The molecule has 1 atom stereocenters. The number of piperidine rings is 2. The number of benzene rings is 2. The van der Waals surface area contributed by atoms with Gasteiger partial charge in [-0.15, -0.1) is 0 Å². The molecule has 0 bridgehead atoms. The van der Waals surface area contributed by atoms with Crippen molar-refractivity contribution < 1.29 is 9.53 Å². The topological polar surface area (TPSA) is 32.8 Å². The van der Waals surface area contributed by atoms with Gasteiger partial charge in [0, 0.05) is 25.6 Å². The smallest absolute Gasteiger partial charge is 0.225 e. The van der Waals surface area contributed by atoms with Crippen molar-refractivity contribution in [1.82, 2.24) is 9.80 Å². The summed E-state index contributed by atoms with van der Waals surface area (Å²) in [4.78, 5) is 17.5. The maximum Gasteiger partial charge on any atom is 0.225 e. The Balaban J connectivity index is 1.25. The van der Waals surface area contributed by atoms with Crippen molar-refractivity contribution in [2.24, 2.45) is 11.8 Å². The van der Waals surface area contributed by atoms with Crippen LogP contribution in [0, 0.1) is 11.8 Å². The quantitative estimate of drug-likeness (QED) is 0.695. The van der Waals surface area contributed by atoms with Crippen molar-refractivity contribution in [2.75, 3.05) is 26.2 Å². The zero-order valence-electron chi connectivity index (χ0n) is 18.1. The zero-order chi connectivity index (χ0) is 20.8. The van der Waals surface area contributed by atoms with Crippen molar-refractivity contribution in [3.63, 3.8) is 0 Å². The number of ether oxygens (including phenoxy) is 1. The van der Waals surface area contributed by atoms with Crippen LogP contribution in [0.1, 0.15) is 43.7 Å². The Labute approximate surface area is 180 Å². The Hall–Kier alpha value is -2.33. The van der Waals surface area contributed by atoms with Crippen LogP contribution in [0.2, 0.25) is 0 Å². The van der Waals surface area contributed by atoms with Gasteiger partial charge in [0.05, 0.1) is 0 Å². The van der Waals surface area contributed by atoms with E-state index in [2.05, 4.69) is 47.1 Å². The maximum absolute atomic E-state index is 12.9. The monoisotopic (exact) mass is 406 g/mol. The molecule has 4 rings (SSSR count).